The highest BCUT2D eigenvalue weighted by molar-refractivity contribution is 7.85. The molecule has 0 aliphatic carbocycles. The van der Waals surface area contributed by atoms with Crippen LogP contribution in [0.1, 0.15) is 26.2 Å². The molecule has 0 spiro atoms. The van der Waals surface area contributed by atoms with Crippen molar-refractivity contribution >= 4 is 16.0 Å². The summed E-state index contributed by atoms with van der Waals surface area (Å²) in [4.78, 5) is 10.9. The van der Waals surface area contributed by atoms with Gasteiger partial charge in [0.05, 0.1) is 5.75 Å². The predicted molar refractivity (Wildman–Crippen MR) is 49.0 cm³/mol. The number of rotatable bonds is 6. The van der Waals surface area contributed by atoms with Crippen molar-refractivity contribution in [1.29, 1.82) is 0 Å². The van der Waals surface area contributed by atoms with E-state index in [1.54, 1.807) is 0 Å². The second-order valence-corrected chi connectivity index (χ2v) is 4.31. The van der Waals surface area contributed by atoms with Crippen LogP contribution in [0.3, 0.4) is 0 Å². The van der Waals surface area contributed by atoms with E-state index in [1.165, 1.54) is 0 Å². The van der Waals surface area contributed by atoms with Gasteiger partial charge in [-0.15, -0.1) is 0 Å². The van der Waals surface area contributed by atoms with Crippen LogP contribution in [-0.2, 0) is 14.9 Å². The molecule has 0 bridgehead atoms. The smallest absolute Gasteiger partial charge is 0.266 e. The summed E-state index contributed by atoms with van der Waals surface area (Å²) in [6, 6.07) is 0. The molecule has 1 amide bonds. The number of hydrogen-bond donors (Lipinski definition) is 2. The Labute approximate surface area is 78.3 Å². The molecule has 0 aromatic heterocycles. The third-order valence-electron chi connectivity index (χ3n) is 1.44. The number of carbonyl (C=O) groups is 1. The molecule has 78 valence electrons. The Morgan fingerprint density at radius 3 is 2.54 bits per heavy atom. The first-order chi connectivity index (χ1) is 5.95. The van der Waals surface area contributed by atoms with Gasteiger partial charge in [0.1, 0.15) is 0 Å². The van der Waals surface area contributed by atoms with Gasteiger partial charge in [-0.3, -0.25) is 9.35 Å². The first-order valence-electron chi connectivity index (χ1n) is 4.17. The van der Waals surface area contributed by atoms with Crippen molar-refractivity contribution < 1.29 is 17.8 Å². The summed E-state index contributed by atoms with van der Waals surface area (Å²) < 4.78 is 28.8. The minimum atomic E-state index is -3.96. The van der Waals surface area contributed by atoms with Gasteiger partial charge in [0.25, 0.3) is 10.1 Å². The molecular formula is C7H15NO4S. The normalized spacial score (nSPS) is 11.2. The van der Waals surface area contributed by atoms with Crippen LogP contribution in [0.2, 0.25) is 0 Å². The van der Waals surface area contributed by atoms with Gasteiger partial charge in [0.2, 0.25) is 5.91 Å². The van der Waals surface area contributed by atoms with E-state index in [-0.39, 0.29) is 12.5 Å². The fourth-order valence-corrected chi connectivity index (χ4v) is 1.11. The van der Waals surface area contributed by atoms with Crippen LogP contribution in [-0.4, -0.2) is 31.2 Å². The Kier molecular flexibility index (Phi) is 5.65. The number of amides is 1. The monoisotopic (exact) mass is 209 g/mol. The maximum absolute atomic E-state index is 10.9. The Bertz CT molecular complexity index is 247. The zero-order chi connectivity index (χ0) is 10.3. The van der Waals surface area contributed by atoms with Crippen molar-refractivity contribution in [3.05, 3.63) is 0 Å². The quantitative estimate of drug-likeness (QED) is 0.611. The van der Waals surface area contributed by atoms with Crippen molar-refractivity contribution in [2.45, 2.75) is 26.2 Å². The SMILES string of the molecule is CCCCC(=O)NCCS(=O)(=O)O. The second-order valence-electron chi connectivity index (χ2n) is 2.74. The van der Waals surface area contributed by atoms with Crippen LogP contribution in [0.15, 0.2) is 0 Å². The summed E-state index contributed by atoms with van der Waals surface area (Å²) in [5, 5.41) is 2.40. The molecule has 0 heterocycles. The van der Waals surface area contributed by atoms with Crippen LogP contribution >= 0.6 is 0 Å². The molecule has 2 N–H and O–H groups in total. The van der Waals surface area contributed by atoms with E-state index in [0.717, 1.165) is 12.8 Å². The average molecular weight is 209 g/mol. The topological polar surface area (TPSA) is 83.5 Å². The van der Waals surface area contributed by atoms with Crippen molar-refractivity contribution in [2.75, 3.05) is 12.3 Å². The van der Waals surface area contributed by atoms with Crippen LogP contribution < -0.4 is 5.32 Å². The van der Waals surface area contributed by atoms with Gasteiger partial charge in [-0.2, -0.15) is 8.42 Å². The van der Waals surface area contributed by atoms with E-state index in [9.17, 15) is 13.2 Å². The summed E-state index contributed by atoms with van der Waals surface area (Å²) in [5.74, 6) is -0.601. The molecule has 0 rings (SSSR count). The first-order valence-corrected chi connectivity index (χ1v) is 5.78. The maximum atomic E-state index is 10.9. The molecule has 5 nitrogen and oxygen atoms in total. The van der Waals surface area contributed by atoms with E-state index < -0.39 is 15.9 Å². The van der Waals surface area contributed by atoms with E-state index in [0.29, 0.717) is 6.42 Å². The molecular weight excluding hydrogens is 194 g/mol. The van der Waals surface area contributed by atoms with Crippen molar-refractivity contribution in [3.8, 4) is 0 Å². The fourth-order valence-electron chi connectivity index (χ4n) is 0.745. The highest BCUT2D eigenvalue weighted by Crippen LogP contribution is 1.92. The summed E-state index contributed by atoms with van der Waals surface area (Å²) in [6.45, 7) is 1.94. The van der Waals surface area contributed by atoms with Crippen LogP contribution in [0, 0.1) is 0 Å². The molecule has 0 fully saturated rings. The summed E-state index contributed by atoms with van der Waals surface area (Å²) in [5.41, 5.74) is 0. The predicted octanol–water partition coefficient (Wildman–Crippen LogP) is 0.181. The van der Waals surface area contributed by atoms with E-state index in [2.05, 4.69) is 5.32 Å². The van der Waals surface area contributed by atoms with Gasteiger partial charge in [-0.25, -0.2) is 0 Å². The summed E-state index contributed by atoms with van der Waals surface area (Å²) >= 11 is 0. The number of nitrogens with one attached hydrogen (secondary N) is 1. The zero-order valence-corrected chi connectivity index (χ0v) is 8.43. The zero-order valence-electron chi connectivity index (χ0n) is 7.62. The second kappa shape index (κ2) is 5.93. The Hall–Kier alpha value is -0.620. The van der Waals surface area contributed by atoms with Gasteiger partial charge in [0, 0.05) is 13.0 Å². The largest absolute Gasteiger partial charge is 0.355 e. The molecule has 0 aromatic rings. The Morgan fingerprint density at radius 2 is 2.08 bits per heavy atom. The highest BCUT2D eigenvalue weighted by Gasteiger charge is 2.05. The first kappa shape index (κ1) is 12.4. The summed E-state index contributed by atoms with van der Waals surface area (Å²) in [7, 11) is -3.96. The maximum Gasteiger partial charge on any atom is 0.266 e. The summed E-state index contributed by atoms with van der Waals surface area (Å²) in [6.07, 6.45) is 2.12. The van der Waals surface area contributed by atoms with Gasteiger partial charge < -0.3 is 5.32 Å². The molecule has 0 atom stereocenters. The molecule has 0 radical (unpaired) electrons. The number of carbonyl (C=O) groups excluding carboxylic acids is 1. The van der Waals surface area contributed by atoms with Gasteiger partial charge >= 0.3 is 0 Å². The van der Waals surface area contributed by atoms with E-state index >= 15 is 0 Å². The third-order valence-corrected chi connectivity index (χ3v) is 2.16. The van der Waals surface area contributed by atoms with Gasteiger partial charge in [-0.1, -0.05) is 13.3 Å². The lowest BCUT2D eigenvalue weighted by Crippen LogP contribution is -2.28. The molecule has 6 heteroatoms. The number of unbranched alkanes of at least 4 members (excludes halogenated alkanes) is 1. The minimum Gasteiger partial charge on any atom is -0.355 e. The lowest BCUT2D eigenvalue weighted by Gasteiger charge is -2.02. The molecule has 0 aromatic carbocycles. The van der Waals surface area contributed by atoms with Gasteiger partial charge in [0.15, 0.2) is 0 Å². The van der Waals surface area contributed by atoms with Gasteiger partial charge in [-0.05, 0) is 6.42 Å². The standard InChI is InChI=1S/C7H15NO4S/c1-2-3-4-7(9)8-5-6-13(10,11)12/h2-6H2,1H3,(H,8,9)(H,10,11,12). The van der Waals surface area contributed by atoms with Crippen LogP contribution in [0.25, 0.3) is 0 Å². The lowest BCUT2D eigenvalue weighted by molar-refractivity contribution is -0.121. The van der Waals surface area contributed by atoms with Crippen LogP contribution in [0.5, 0.6) is 0 Å². The van der Waals surface area contributed by atoms with Crippen molar-refractivity contribution in [3.63, 3.8) is 0 Å². The minimum absolute atomic E-state index is 0.0264. The Balaban J connectivity index is 3.49. The molecule has 0 aliphatic rings. The fraction of sp³-hybridized carbons (Fsp3) is 0.857. The van der Waals surface area contributed by atoms with Crippen LogP contribution in [0.4, 0.5) is 0 Å². The lowest BCUT2D eigenvalue weighted by atomic mass is 10.2. The Morgan fingerprint density at radius 1 is 1.46 bits per heavy atom. The molecule has 0 saturated heterocycles. The molecule has 0 aliphatic heterocycles. The molecule has 0 unspecified atom stereocenters. The van der Waals surface area contributed by atoms with Crippen molar-refractivity contribution in [2.24, 2.45) is 0 Å². The number of hydrogen-bond acceptors (Lipinski definition) is 3. The average Bonchev–Trinajstić information content (AvgIpc) is 1.98. The van der Waals surface area contributed by atoms with Crippen molar-refractivity contribution in [1.82, 2.24) is 5.32 Å². The van der Waals surface area contributed by atoms with E-state index in [4.69, 9.17) is 4.55 Å². The molecule has 0 saturated carbocycles. The third kappa shape index (κ3) is 9.29. The highest BCUT2D eigenvalue weighted by atomic mass is 32.2. The molecule has 13 heavy (non-hydrogen) atoms. The van der Waals surface area contributed by atoms with E-state index in [1.807, 2.05) is 6.92 Å².